The fourth-order valence-electron chi connectivity index (χ4n) is 3.33. The van der Waals surface area contributed by atoms with Gasteiger partial charge in [-0.2, -0.15) is 0 Å². The van der Waals surface area contributed by atoms with Crippen molar-refractivity contribution in [2.75, 3.05) is 0 Å². The van der Waals surface area contributed by atoms with Crippen molar-refractivity contribution in [3.05, 3.63) is 5.56 Å². The van der Waals surface area contributed by atoms with Crippen LogP contribution in [0.15, 0.2) is 9.15 Å². The van der Waals surface area contributed by atoms with Gasteiger partial charge in [0.05, 0.1) is 0 Å². The second-order valence-corrected chi connectivity index (χ2v) is 7.01. The van der Waals surface area contributed by atoms with Crippen molar-refractivity contribution in [3.8, 4) is 74.7 Å². The van der Waals surface area contributed by atoms with E-state index in [0.29, 0.717) is 0 Å². The summed E-state index contributed by atoms with van der Waals surface area (Å²) in [7, 11) is 0. The van der Waals surface area contributed by atoms with Gasteiger partial charge in [0.2, 0.25) is 34.5 Å². The number of nitrogens with zero attached hydrogens (tertiary/aromatic N) is 1. The molecule has 4 rings (SSSR count). The summed E-state index contributed by atoms with van der Waals surface area (Å²) in [6.07, 6.45) is 0. The highest BCUT2D eigenvalue weighted by Crippen LogP contribution is 2.56. The van der Waals surface area contributed by atoms with Gasteiger partial charge in [-0.25, -0.2) is 0 Å². The normalized spacial score (nSPS) is 10.9. The lowest BCUT2D eigenvalue weighted by atomic mass is 10.1. The van der Waals surface area contributed by atoms with E-state index in [1.54, 1.807) is 0 Å². The van der Waals surface area contributed by atoms with Gasteiger partial charge in [-0.1, -0.05) is 13.8 Å². The van der Waals surface area contributed by atoms with Gasteiger partial charge < -0.3 is 61.3 Å². The van der Waals surface area contributed by atoms with E-state index in [9.17, 15) is 61.3 Å². The average molecular weight is 511 g/mol. The summed E-state index contributed by atoms with van der Waals surface area (Å²) in [5.41, 5.74) is -5.71. The Bertz CT molecular complexity index is 1480. The molecule has 0 spiro atoms. The molecule has 4 aromatic rings. The largest absolute Gasteiger partial charge is 0.504 e. The van der Waals surface area contributed by atoms with E-state index in [2.05, 4.69) is 0 Å². The standard InChI is InChI=1S/C19H15NO14.C2H6/c1-2-6(21)8(23)3(9(24)7(2)22)20-4-10(25)12(27)14(29)16(31)18(4)33-34-19-5(20)11(26)13(28)15(30)17(19)32;1-2/h21-32H,1H3;1-2H3. The first-order chi connectivity index (χ1) is 16.8. The van der Waals surface area contributed by atoms with Crippen molar-refractivity contribution in [1.82, 2.24) is 4.57 Å². The minimum absolute atomic E-state index is 0.267. The number of hydrogen-bond acceptors (Lipinski definition) is 14. The van der Waals surface area contributed by atoms with Crippen molar-refractivity contribution in [3.63, 3.8) is 0 Å². The maximum absolute atomic E-state index is 10.6. The summed E-state index contributed by atoms with van der Waals surface area (Å²) in [4.78, 5) is 0. The minimum atomic E-state index is -1.39. The van der Waals surface area contributed by atoms with Crippen molar-refractivity contribution in [2.24, 2.45) is 0 Å². The van der Waals surface area contributed by atoms with Crippen LogP contribution in [0.3, 0.4) is 0 Å². The van der Waals surface area contributed by atoms with Gasteiger partial charge in [0.15, 0.2) is 34.5 Å². The Hall–Kier alpha value is -5.34. The topological polar surface area (TPSA) is 274 Å². The molecule has 0 saturated heterocycles. The second kappa shape index (κ2) is 8.46. The first-order valence-corrected chi connectivity index (χ1v) is 9.93. The number of aromatic nitrogens is 1. The Morgan fingerprint density at radius 2 is 0.722 bits per heavy atom. The third-order valence-corrected chi connectivity index (χ3v) is 5.14. The quantitative estimate of drug-likeness (QED) is 0.0994. The van der Waals surface area contributed by atoms with Gasteiger partial charge in [0, 0.05) is 5.56 Å². The smallest absolute Gasteiger partial charge is 0.252 e. The summed E-state index contributed by atoms with van der Waals surface area (Å²) in [6.45, 7) is 5.09. The Balaban J connectivity index is 0.00000176. The van der Waals surface area contributed by atoms with E-state index in [1.807, 2.05) is 13.8 Å². The summed E-state index contributed by atoms with van der Waals surface area (Å²) in [5.74, 6) is -15.3. The second-order valence-electron chi connectivity index (χ2n) is 7.01. The first-order valence-electron chi connectivity index (χ1n) is 9.93. The van der Waals surface area contributed by atoms with Crippen LogP contribution in [0.5, 0.6) is 69.0 Å². The lowest BCUT2D eigenvalue weighted by Gasteiger charge is -2.18. The average Bonchev–Trinajstić information content (AvgIpc) is 3.05. The summed E-state index contributed by atoms with van der Waals surface area (Å²) in [5, 5.41) is 123. The molecule has 0 aliphatic carbocycles. The summed E-state index contributed by atoms with van der Waals surface area (Å²) in [6, 6.07) is 0. The lowest BCUT2D eigenvalue weighted by Crippen LogP contribution is -2.01. The number of benzene rings is 3. The molecule has 0 radical (unpaired) electrons. The Morgan fingerprint density at radius 3 is 1.06 bits per heavy atom. The minimum Gasteiger partial charge on any atom is -0.504 e. The van der Waals surface area contributed by atoms with Gasteiger partial charge in [0.1, 0.15) is 16.7 Å². The van der Waals surface area contributed by atoms with Crippen molar-refractivity contribution in [1.29, 1.82) is 0 Å². The zero-order chi connectivity index (χ0) is 27.4. The molecule has 0 aliphatic heterocycles. The maximum atomic E-state index is 10.6. The monoisotopic (exact) mass is 511 g/mol. The number of aromatic hydroxyl groups is 12. The lowest BCUT2D eigenvalue weighted by molar-refractivity contribution is 0.0869. The highest BCUT2D eigenvalue weighted by molar-refractivity contribution is 6.00. The van der Waals surface area contributed by atoms with E-state index < -0.39 is 102 Å². The van der Waals surface area contributed by atoms with Crippen molar-refractivity contribution in [2.45, 2.75) is 20.8 Å². The number of fused-ring (bicyclic) bond motifs is 2. The van der Waals surface area contributed by atoms with Crippen LogP contribution >= 0.6 is 0 Å². The molecule has 3 aromatic carbocycles. The van der Waals surface area contributed by atoms with Gasteiger partial charge in [0.25, 0.3) is 11.2 Å². The predicted molar refractivity (Wildman–Crippen MR) is 119 cm³/mol. The maximum Gasteiger partial charge on any atom is 0.252 e. The zero-order valence-corrected chi connectivity index (χ0v) is 18.6. The molecule has 36 heavy (non-hydrogen) atoms. The van der Waals surface area contributed by atoms with Crippen LogP contribution < -0.4 is 0 Å². The Kier molecular flexibility index (Phi) is 5.94. The number of phenols is 12. The van der Waals surface area contributed by atoms with E-state index in [1.165, 1.54) is 0 Å². The third kappa shape index (κ3) is 3.13. The highest BCUT2D eigenvalue weighted by Gasteiger charge is 2.32. The molecule has 0 atom stereocenters. The van der Waals surface area contributed by atoms with Crippen LogP contribution in [0.4, 0.5) is 0 Å². The van der Waals surface area contributed by atoms with E-state index >= 15 is 0 Å². The molecule has 0 fully saturated rings. The zero-order valence-electron chi connectivity index (χ0n) is 18.6. The molecule has 0 aliphatic rings. The fourth-order valence-corrected chi connectivity index (χ4v) is 3.33. The molecule has 1 aromatic heterocycles. The van der Waals surface area contributed by atoms with Gasteiger partial charge in [-0.3, -0.25) is 13.7 Å². The van der Waals surface area contributed by atoms with E-state index in [-0.39, 0.29) is 4.57 Å². The van der Waals surface area contributed by atoms with Gasteiger partial charge >= 0.3 is 0 Å². The SMILES string of the molecule is CC.Cc1c(O)c(O)c(-n2c3c(O)c(O)c(O)c(O)c3ooc3c(O)c(O)c(O)c(O)c32)c(O)c1O. The molecule has 15 heteroatoms. The predicted octanol–water partition coefficient (Wildman–Crippen LogP) is 2.90. The molecule has 12 N–H and O–H groups in total. The van der Waals surface area contributed by atoms with Crippen LogP contribution in [-0.4, -0.2) is 65.8 Å². The fraction of sp³-hybridized carbons (Fsp3) is 0.143. The van der Waals surface area contributed by atoms with Crippen LogP contribution in [0, 0.1) is 6.92 Å². The molecular formula is C21H21NO14. The Labute approximate surface area is 198 Å². The highest BCUT2D eigenvalue weighted by atomic mass is 17.0. The molecule has 0 saturated carbocycles. The molecule has 0 amide bonds. The van der Waals surface area contributed by atoms with E-state index in [0.717, 1.165) is 6.92 Å². The Morgan fingerprint density at radius 1 is 0.417 bits per heavy atom. The molecule has 0 bridgehead atoms. The van der Waals surface area contributed by atoms with Crippen molar-refractivity contribution >= 4 is 22.2 Å². The molecule has 15 nitrogen and oxygen atoms in total. The molecule has 1 heterocycles. The van der Waals surface area contributed by atoms with Crippen LogP contribution in [0.25, 0.3) is 27.9 Å². The van der Waals surface area contributed by atoms with Crippen LogP contribution in [-0.2, 0) is 0 Å². The van der Waals surface area contributed by atoms with Crippen LogP contribution in [0.1, 0.15) is 19.4 Å². The van der Waals surface area contributed by atoms with Gasteiger partial charge in [-0.15, -0.1) is 0 Å². The summed E-state index contributed by atoms with van der Waals surface area (Å²) >= 11 is 0. The molecule has 194 valence electrons. The number of phenolic OH excluding ortho intramolecular Hbond substituents is 12. The summed E-state index contributed by atoms with van der Waals surface area (Å²) < 4.78 is 9.86. The number of hydrogen-bond donors (Lipinski definition) is 12. The van der Waals surface area contributed by atoms with E-state index in [4.69, 9.17) is 9.15 Å². The molecule has 0 unspecified atom stereocenters. The molecular weight excluding hydrogens is 490 g/mol. The van der Waals surface area contributed by atoms with Crippen LogP contribution in [0.2, 0.25) is 0 Å². The third-order valence-electron chi connectivity index (χ3n) is 5.14. The number of rotatable bonds is 1. The van der Waals surface area contributed by atoms with Crippen molar-refractivity contribution < 1.29 is 70.4 Å². The van der Waals surface area contributed by atoms with Gasteiger partial charge in [-0.05, 0) is 6.92 Å². The first kappa shape index (κ1) is 25.3.